The van der Waals surface area contributed by atoms with E-state index >= 15 is 0 Å². The maximum atomic E-state index is 13.1. The Morgan fingerprint density at radius 2 is 0.687 bits per heavy atom. The van der Waals surface area contributed by atoms with Crippen LogP contribution in [0.25, 0.3) is 0 Å². The summed E-state index contributed by atoms with van der Waals surface area (Å²) in [6, 6.07) is -0.830. The molecule has 0 spiro atoms. The molecule has 7 unspecified atom stereocenters. The molecule has 9 heteroatoms. The maximum Gasteiger partial charge on any atom is 0.220 e. The summed E-state index contributed by atoms with van der Waals surface area (Å²) >= 11 is 0. The Morgan fingerprint density at radius 3 is 1.01 bits per heavy atom. The average molecular weight is 1170 g/mol. The number of rotatable bonds is 64. The summed E-state index contributed by atoms with van der Waals surface area (Å²) in [6.45, 7) is 3.81. The van der Waals surface area contributed by atoms with Gasteiger partial charge in [0.05, 0.1) is 25.4 Å². The minimum atomic E-state index is -1.58. The van der Waals surface area contributed by atoms with Crippen LogP contribution in [0.15, 0.2) is 48.6 Å². The normalized spacial score (nSPS) is 18.5. The fourth-order valence-corrected chi connectivity index (χ4v) is 11.7. The van der Waals surface area contributed by atoms with Crippen molar-refractivity contribution in [1.82, 2.24) is 5.32 Å². The third kappa shape index (κ3) is 51.9. The highest BCUT2D eigenvalue weighted by Gasteiger charge is 2.44. The van der Waals surface area contributed by atoms with E-state index in [-0.39, 0.29) is 12.5 Å². The standard InChI is InChI=1S/C74H139NO8/c1-3-5-7-9-11-13-15-17-19-21-23-25-27-29-30-31-32-33-34-35-36-37-38-40-42-44-46-48-50-52-54-56-58-60-62-64-70(78)75-67(66-82-74-73(81)72(80)71(79)69(65-76)83-74)68(77)63-61-59-57-55-53-51-49-47-45-43-41-39-28-26-24-22-20-18-16-14-12-10-8-6-4-2/h31-32,45,47,53,55,61,63,67-69,71-74,76-77,79-81H,3-30,33-44,46,48-52,54,56-60,62,64-66H2,1-2H3,(H,75,78)/b32-31-,47-45+,55-53+,63-61+. The molecule has 0 aromatic rings. The molecule has 1 saturated heterocycles. The van der Waals surface area contributed by atoms with E-state index < -0.39 is 49.5 Å². The highest BCUT2D eigenvalue weighted by molar-refractivity contribution is 5.76. The summed E-state index contributed by atoms with van der Waals surface area (Å²) in [6.07, 6.45) is 79.5. The Balaban J connectivity index is 2.12. The van der Waals surface area contributed by atoms with Crippen molar-refractivity contribution in [2.75, 3.05) is 13.2 Å². The molecule has 0 aliphatic carbocycles. The van der Waals surface area contributed by atoms with Crippen molar-refractivity contribution in [1.29, 1.82) is 0 Å². The minimum absolute atomic E-state index is 0.185. The predicted octanol–water partition coefficient (Wildman–Crippen LogP) is 20.0. The molecule has 0 aromatic carbocycles. The second-order valence-corrected chi connectivity index (χ2v) is 25.4. The first-order valence-corrected chi connectivity index (χ1v) is 36.4. The van der Waals surface area contributed by atoms with E-state index in [0.29, 0.717) is 6.42 Å². The topological polar surface area (TPSA) is 149 Å². The molecule has 0 bridgehead atoms. The van der Waals surface area contributed by atoms with Crippen molar-refractivity contribution >= 4 is 5.91 Å². The Hall–Kier alpha value is -1.85. The van der Waals surface area contributed by atoms with Gasteiger partial charge in [-0.1, -0.05) is 332 Å². The molecule has 83 heavy (non-hydrogen) atoms. The van der Waals surface area contributed by atoms with Crippen LogP contribution in [0, 0.1) is 0 Å². The summed E-state index contributed by atoms with van der Waals surface area (Å²) in [5, 5.41) is 54.7. The summed E-state index contributed by atoms with van der Waals surface area (Å²) in [5.74, 6) is -0.185. The van der Waals surface area contributed by atoms with E-state index in [2.05, 4.69) is 55.6 Å². The van der Waals surface area contributed by atoms with Gasteiger partial charge in [-0.25, -0.2) is 0 Å². The monoisotopic (exact) mass is 1170 g/mol. The number of nitrogens with one attached hydrogen (secondary N) is 1. The number of allylic oxidation sites excluding steroid dienone is 7. The zero-order valence-corrected chi connectivity index (χ0v) is 54.7. The number of aliphatic hydroxyl groups excluding tert-OH is 5. The summed E-state index contributed by atoms with van der Waals surface area (Å²) in [7, 11) is 0. The number of carbonyl (C=O) groups is 1. The Kier molecular flexibility index (Phi) is 60.3. The van der Waals surface area contributed by atoms with Crippen LogP contribution >= 0.6 is 0 Å². The molecule has 488 valence electrons. The molecule has 1 heterocycles. The fraction of sp³-hybridized carbons (Fsp3) is 0.878. The van der Waals surface area contributed by atoms with Gasteiger partial charge in [0.15, 0.2) is 6.29 Å². The lowest BCUT2D eigenvalue weighted by Gasteiger charge is -2.40. The molecule has 7 atom stereocenters. The first-order valence-electron chi connectivity index (χ1n) is 36.4. The van der Waals surface area contributed by atoms with Crippen molar-refractivity contribution in [3.8, 4) is 0 Å². The number of aliphatic hydroxyl groups is 5. The van der Waals surface area contributed by atoms with E-state index in [1.807, 2.05) is 6.08 Å². The highest BCUT2D eigenvalue weighted by atomic mass is 16.7. The molecule has 1 rings (SSSR count). The summed E-state index contributed by atoms with van der Waals surface area (Å²) in [4.78, 5) is 13.1. The van der Waals surface area contributed by atoms with Crippen LogP contribution in [-0.2, 0) is 14.3 Å². The molecule has 9 nitrogen and oxygen atoms in total. The van der Waals surface area contributed by atoms with Gasteiger partial charge in [-0.3, -0.25) is 4.79 Å². The first kappa shape index (κ1) is 79.2. The zero-order valence-electron chi connectivity index (χ0n) is 54.7. The lowest BCUT2D eigenvalue weighted by Crippen LogP contribution is -2.60. The summed E-state index contributed by atoms with van der Waals surface area (Å²) < 4.78 is 11.3. The molecule has 1 fully saturated rings. The van der Waals surface area contributed by atoms with Crippen LogP contribution in [0.2, 0.25) is 0 Å². The minimum Gasteiger partial charge on any atom is -0.394 e. The maximum absolute atomic E-state index is 13.1. The number of amides is 1. The van der Waals surface area contributed by atoms with Crippen LogP contribution in [0.4, 0.5) is 0 Å². The summed E-state index contributed by atoms with van der Waals surface area (Å²) in [5.41, 5.74) is 0. The van der Waals surface area contributed by atoms with E-state index in [1.54, 1.807) is 6.08 Å². The second kappa shape index (κ2) is 63.2. The second-order valence-electron chi connectivity index (χ2n) is 25.4. The van der Waals surface area contributed by atoms with Crippen LogP contribution in [0.5, 0.6) is 0 Å². The highest BCUT2D eigenvalue weighted by Crippen LogP contribution is 2.23. The molecule has 0 radical (unpaired) electrons. The molecule has 1 amide bonds. The number of hydrogen-bond acceptors (Lipinski definition) is 8. The SMILES string of the molecule is CCCCCCCCCCCCCCCC/C=C\CCCCCCCCCCCCCCCCCCCC(=O)NC(COC1OC(CO)C(O)C(O)C1O)C(O)/C=C/CC/C=C/CC/C=C/CCCCCCCCCCCCCCCCC. The lowest BCUT2D eigenvalue weighted by atomic mass is 9.99. The van der Waals surface area contributed by atoms with Gasteiger partial charge in [-0.15, -0.1) is 0 Å². The van der Waals surface area contributed by atoms with Crippen molar-refractivity contribution in [2.45, 2.75) is 403 Å². The van der Waals surface area contributed by atoms with Crippen molar-refractivity contribution in [3.05, 3.63) is 48.6 Å². The van der Waals surface area contributed by atoms with Crippen LogP contribution in [0.1, 0.15) is 361 Å². The van der Waals surface area contributed by atoms with Gasteiger partial charge in [-0.05, 0) is 70.6 Å². The van der Waals surface area contributed by atoms with E-state index in [1.165, 1.54) is 295 Å². The van der Waals surface area contributed by atoms with Gasteiger partial charge in [0.1, 0.15) is 24.4 Å². The molecule has 1 aliphatic heterocycles. The molecule has 0 saturated carbocycles. The lowest BCUT2D eigenvalue weighted by molar-refractivity contribution is -0.302. The molecular weight excluding hydrogens is 1030 g/mol. The molecule has 1 aliphatic rings. The van der Waals surface area contributed by atoms with Crippen molar-refractivity contribution in [2.24, 2.45) is 0 Å². The first-order chi connectivity index (χ1) is 40.8. The Morgan fingerprint density at radius 1 is 0.398 bits per heavy atom. The zero-order chi connectivity index (χ0) is 60.0. The quantitative estimate of drug-likeness (QED) is 0.0261. The van der Waals surface area contributed by atoms with Crippen molar-refractivity contribution in [3.63, 3.8) is 0 Å². The predicted molar refractivity (Wildman–Crippen MR) is 355 cm³/mol. The molecule has 6 N–H and O–H groups in total. The third-order valence-electron chi connectivity index (χ3n) is 17.4. The van der Waals surface area contributed by atoms with Gasteiger partial charge in [0.25, 0.3) is 0 Å². The molecule has 0 aromatic heterocycles. The smallest absolute Gasteiger partial charge is 0.220 e. The van der Waals surface area contributed by atoms with E-state index in [0.717, 1.165) is 44.9 Å². The van der Waals surface area contributed by atoms with Crippen LogP contribution in [-0.4, -0.2) is 87.5 Å². The van der Waals surface area contributed by atoms with E-state index in [9.17, 15) is 30.3 Å². The third-order valence-corrected chi connectivity index (χ3v) is 17.4. The average Bonchev–Trinajstić information content (AvgIpc) is 3.60. The fourth-order valence-electron chi connectivity index (χ4n) is 11.7. The number of unbranched alkanes of at least 4 members (excludes halogenated alkanes) is 48. The van der Waals surface area contributed by atoms with Gasteiger partial charge in [0, 0.05) is 6.42 Å². The Labute approximate surface area is 514 Å². The van der Waals surface area contributed by atoms with Gasteiger partial charge in [-0.2, -0.15) is 0 Å². The van der Waals surface area contributed by atoms with Crippen molar-refractivity contribution < 1.29 is 39.8 Å². The Bertz CT molecular complexity index is 1450. The van der Waals surface area contributed by atoms with Crippen LogP contribution in [0.3, 0.4) is 0 Å². The molecular formula is C74H139NO8. The van der Waals surface area contributed by atoms with Gasteiger partial charge < -0.3 is 40.3 Å². The van der Waals surface area contributed by atoms with Gasteiger partial charge in [0.2, 0.25) is 5.91 Å². The number of ether oxygens (including phenoxy) is 2. The van der Waals surface area contributed by atoms with Gasteiger partial charge >= 0.3 is 0 Å². The van der Waals surface area contributed by atoms with Crippen LogP contribution < -0.4 is 5.32 Å². The number of carbonyl (C=O) groups excluding carboxylic acids is 1. The largest absolute Gasteiger partial charge is 0.394 e. The number of hydrogen-bond donors (Lipinski definition) is 6. The van der Waals surface area contributed by atoms with E-state index in [4.69, 9.17) is 9.47 Å².